The molecule has 2 heterocycles. The molecule has 2 N–H and O–H groups in total. The molecular formula is C21H20FN3O2. The van der Waals surface area contributed by atoms with Gasteiger partial charge >= 0.3 is 0 Å². The first-order valence-electron chi connectivity index (χ1n) is 8.65. The van der Waals surface area contributed by atoms with E-state index in [1.807, 2.05) is 37.7 Å². The zero-order chi connectivity index (χ0) is 19.3. The van der Waals surface area contributed by atoms with Crippen molar-refractivity contribution in [3.63, 3.8) is 0 Å². The number of hydrogen-bond acceptors (Lipinski definition) is 4. The summed E-state index contributed by atoms with van der Waals surface area (Å²) in [5.74, 6) is -0.629. The second kappa shape index (κ2) is 6.16. The van der Waals surface area contributed by atoms with Gasteiger partial charge in [0.25, 0.3) is 0 Å². The van der Waals surface area contributed by atoms with Gasteiger partial charge in [-0.25, -0.2) is 9.37 Å². The summed E-state index contributed by atoms with van der Waals surface area (Å²) in [5, 5.41) is 20.2. The lowest BCUT2D eigenvalue weighted by Gasteiger charge is -2.31. The zero-order valence-electron chi connectivity index (χ0n) is 15.4. The third-order valence-corrected chi connectivity index (χ3v) is 4.87. The van der Waals surface area contributed by atoms with E-state index in [0.717, 1.165) is 34.2 Å². The molecule has 27 heavy (non-hydrogen) atoms. The molecule has 1 aliphatic rings. The maximum atomic E-state index is 14.6. The maximum absolute atomic E-state index is 14.6. The molecule has 1 aliphatic heterocycles. The fourth-order valence-electron chi connectivity index (χ4n) is 3.72. The molecule has 0 fully saturated rings. The first-order chi connectivity index (χ1) is 12.9. The molecule has 5 nitrogen and oxygen atoms in total. The highest BCUT2D eigenvalue weighted by Crippen LogP contribution is 2.46. The van der Waals surface area contributed by atoms with E-state index in [1.165, 1.54) is 12.1 Å². The number of rotatable bonds is 2. The van der Waals surface area contributed by atoms with Crippen LogP contribution in [-0.4, -0.2) is 19.8 Å². The van der Waals surface area contributed by atoms with Crippen LogP contribution < -0.4 is 4.90 Å². The predicted octanol–water partition coefficient (Wildman–Crippen LogP) is 4.54. The average Bonchev–Trinajstić information content (AvgIpc) is 2.93. The van der Waals surface area contributed by atoms with Gasteiger partial charge in [0, 0.05) is 24.9 Å². The van der Waals surface area contributed by atoms with Crippen molar-refractivity contribution in [1.82, 2.24) is 9.55 Å². The molecule has 6 heteroatoms. The number of allylic oxidation sites excluding steroid dienone is 1. The Labute approximate surface area is 156 Å². The second-order valence-corrected chi connectivity index (χ2v) is 6.91. The average molecular weight is 365 g/mol. The number of halogens is 1. The monoisotopic (exact) mass is 365 g/mol. The maximum Gasteiger partial charge on any atom is 0.150 e. The Hall–Kier alpha value is -3.28. The highest BCUT2D eigenvalue weighted by molar-refractivity contribution is 5.84. The molecule has 0 unspecified atom stereocenters. The van der Waals surface area contributed by atoms with Gasteiger partial charge in [-0.1, -0.05) is 5.57 Å². The van der Waals surface area contributed by atoms with Crippen molar-refractivity contribution in [2.75, 3.05) is 4.90 Å². The summed E-state index contributed by atoms with van der Waals surface area (Å²) < 4.78 is 16.5. The van der Waals surface area contributed by atoms with Gasteiger partial charge in [0.05, 0.1) is 29.1 Å². The van der Waals surface area contributed by atoms with Gasteiger partial charge in [-0.15, -0.1) is 0 Å². The van der Waals surface area contributed by atoms with Crippen LogP contribution in [0, 0.1) is 12.7 Å². The molecular weight excluding hydrogens is 345 g/mol. The molecule has 0 aliphatic carbocycles. The molecule has 0 spiro atoms. The number of aromatic nitrogens is 2. The summed E-state index contributed by atoms with van der Waals surface area (Å²) in [4.78, 5) is 6.01. The lowest BCUT2D eigenvalue weighted by molar-refractivity contribution is 0.469. The minimum absolute atomic E-state index is 0.0739. The lowest BCUT2D eigenvalue weighted by Crippen LogP contribution is -2.18. The number of imidazole rings is 1. The Bertz CT molecular complexity index is 1070. The first-order valence-corrected chi connectivity index (χ1v) is 8.65. The summed E-state index contributed by atoms with van der Waals surface area (Å²) in [7, 11) is 1.93. The summed E-state index contributed by atoms with van der Waals surface area (Å²) in [5.41, 5.74) is 5.56. The molecule has 4 rings (SSSR count). The third-order valence-electron chi connectivity index (χ3n) is 4.87. The molecule has 0 saturated heterocycles. The summed E-state index contributed by atoms with van der Waals surface area (Å²) in [6, 6.07) is 7.51. The number of aryl methyl sites for hydroxylation is 2. The van der Waals surface area contributed by atoms with E-state index in [1.54, 1.807) is 17.3 Å². The summed E-state index contributed by atoms with van der Waals surface area (Å²) in [6.07, 6.45) is 4.21. The van der Waals surface area contributed by atoms with E-state index < -0.39 is 5.82 Å². The van der Waals surface area contributed by atoms with Crippen molar-refractivity contribution in [2.45, 2.75) is 20.3 Å². The van der Waals surface area contributed by atoms with Crippen molar-refractivity contribution in [3.8, 4) is 22.8 Å². The largest absolute Gasteiger partial charge is 0.508 e. The molecule has 0 radical (unpaired) electrons. The molecule has 3 aromatic rings. The Kier molecular flexibility index (Phi) is 3.91. The van der Waals surface area contributed by atoms with Crippen molar-refractivity contribution in [1.29, 1.82) is 0 Å². The number of phenolic OH excluding ortho intramolecular Hbond substituents is 2. The van der Waals surface area contributed by atoms with Gasteiger partial charge in [0.15, 0.2) is 5.82 Å². The Morgan fingerprint density at radius 3 is 2.56 bits per heavy atom. The molecule has 138 valence electrons. The van der Waals surface area contributed by atoms with E-state index in [4.69, 9.17) is 0 Å². The van der Waals surface area contributed by atoms with Crippen molar-refractivity contribution in [2.24, 2.45) is 7.05 Å². The smallest absolute Gasteiger partial charge is 0.150 e. The molecule has 0 bridgehead atoms. The number of fused-ring (bicyclic) bond motifs is 1. The van der Waals surface area contributed by atoms with Gasteiger partial charge in [-0.3, -0.25) is 0 Å². The zero-order valence-corrected chi connectivity index (χ0v) is 15.4. The van der Waals surface area contributed by atoms with Crippen LogP contribution >= 0.6 is 0 Å². The van der Waals surface area contributed by atoms with E-state index in [0.29, 0.717) is 12.1 Å². The molecule has 2 aromatic carbocycles. The Balaban J connectivity index is 1.98. The quantitative estimate of drug-likeness (QED) is 0.700. The van der Waals surface area contributed by atoms with Crippen LogP contribution in [0.1, 0.15) is 18.2 Å². The fraction of sp³-hybridized carbons (Fsp3) is 0.190. The van der Waals surface area contributed by atoms with Crippen LogP contribution in [-0.2, 0) is 13.5 Å². The second-order valence-electron chi connectivity index (χ2n) is 6.91. The lowest BCUT2D eigenvalue weighted by atomic mass is 9.92. The van der Waals surface area contributed by atoms with E-state index in [2.05, 4.69) is 4.98 Å². The summed E-state index contributed by atoms with van der Waals surface area (Å²) >= 11 is 0. The molecule has 0 amide bonds. The minimum atomic E-state index is -0.562. The topological polar surface area (TPSA) is 61.5 Å². The van der Waals surface area contributed by atoms with Gasteiger partial charge in [-0.05, 0) is 50.1 Å². The molecule has 0 atom stereocenters. The number of hydrogen-bond donors (Lipinski definition) is 2. The number of aromatic hydroxyl groups is 2. The number of anilines is 2. The normalized spacial score (nSPS) is 13.5. The van der Waals surface area contributed by atoms with E-state index in [-0.39, 0.29) is 17.2 Å². The highest BCUT2D eigenvalue weighted by atomic mass is 19.1. The van der Waals surface area contributed by atoms with Crippen LogP contribution in [0.5, 0.6) is 11.5 Å². The van der Waals surface area contributed by atoms with Crippen molar-refractivity contribution < 1.29 is 14.6 Å². The Morgan fingerprint density at radius 1 is 1.11 bits per heavy atom. The van der Waals surface area contributed by atoms with Crippen LogP contribution in [0.15, 0.2) is 48.4 Å². The van der Waals surface area contributed by atoms with Gasteiger partial charge in [-0.2, -0.15) is 0 Å². The predicted molar refractivity (Wildman–Crippen MR) is 103 cm³/mol. The van der Waals surface area contributed by atoms with Crippen LogP contribution in [0.4, 0.5) is 15.8 Å². The molecule has 0 saturated carbocycles. The summed E-state index contributed by atoms with van der Waals surface area (Å²) in [6.45, 7) is 3.91. The van der Waals surface area contributed by atoms with Crippen LogP contribution in [0.3, 0.4) is 0 Å². The SMILES string of the molecule is CC1=CN(c2ccc(O)cc2F)c2c(O)ccc(-c3c(C)ncn3C)c2C1. The minimum Gasteiger partial charge on any atom is -0.508 e. The van der Waals surface area contributed by atoms with E-state index >= 15 is 0 Å². The third kappa shape index (κ3) is 2.73. The molecule has 1 aromatic heterocycles. The fourth-order valence-corrected chi connectivity index (χ4v) is 3.72. The van der Waals surface area contributed by atoms with Crippen molar-refractivity contribution >= 4 is 11.4 Å². The van der Waals surface area contributed by atoms with Crippen molar-refractivity contribution in [3.05, 3.63) is 65.5 Å². The highest BCUT2D eigenvalue weighted by Gasteiger charge is 2.27. The number of benzene rings is 2. The standard InChI is InChI=1S/C21H20FN3O2/c1-12-8-16-15(20-13(2)23-11-24(20)3)5-7-19(27)21(16)25(10-12)18-6-4-14(26)9-17(18)22/h4-7,9-11,26-27H,8H2,1-3H3. The van der Waals surface area contributed by atoms with Crippen LogP contribution in [0.2, 0.25) is 0 Å². The van der Waals surface area contributed by atoms with Gasteiger partial charge in [0.1, 0.15) is 11.5 Å². The van der Waals surface area contributed by atoms with Gasteiger partial charge in [0.2, 0.25) is 0 Å². The van der Waals surface area contributed by atoms with Crippen LogP contribution in [0.25, 0.3) is 11.3 Å². The van der Waals surface area contributed by atoms with Gasteiger partial charge < -0.3 is 19.7 Å². The Morgan fingerprint density at radius 2 is 1.89 bits per heavy atom. The first kappa shape index (κ1) is 17.1. The van der Waals surface area contributed by atoms with E-state index in [9.17, 15) is 14.6 Å². The number of nitrogens with zero attached hydrogens (tertiary/aromatic N) is 3. The number of phenols is 2.